The molecule has 0 bridgehead atoms. The lowest BCUT2D eigenvalue weighted by Crippen LogP contribution is -2.09. The molecule has 2 aromatic carbocycles. The number of ketones is 1. The second-order valence-corrected chi connectivity index (χ2v) is 3.99. The van der Waals surface area contributed by atoms with E-state index < -0.39 is 34.6 Å². The van der Waals surface area contributed by atoms with E-state index in [4.69, 9.17) is 0 Å². The van der Waals surface area contributed by atoms with Gasteiger partial charge in [0.2, 0.25) is 0 Å². The molecule has 0 aliphatic heterocycles. The molecule has 0 heterocycles. The highest BCUT2D eigenvalue weighted by molar-refractivity contribution is 6.09. The Bertz CT molecular complexity index is 665. The van der Waals surface area contributed by atoms with E-state index >= 15 is 0 Å². The van der Waals surface area contributed by atoms with Gasteiger partial charge in [-0.2, -0.15) is 0 Å². The Hall–Kier alpha value is -2.17. The van der Waals surface area contributed by atoms with Crippen LogP contribution in [0, 0.1) is 30.2 Å². The first-order valence-electron chi connectivity index (χ1n) is 5.36. The smallest absolute Gasteiger partial charge is 0.199 e. The molecule has 0 fully saturated rings. The predicted molar refractivity (Wildman–Crippen MR) is 60.9 cm³/mol. The fraction of sp³-hybridized carbons (Fsp3) is 0.0714. The summed E-state index contributed by atoms with van der Waals surface area (Å²) in [5, 5.41) is 0. The van der Waals surface area contributed by atoms with E-state index in [1.165, 1.54) is 19.1 Å². The monoisotopic (exact) mass is 268 g/mol. The molecule has 19 heavy (non-hydrogen) atoms. The van der Waals surface area contributed by atoms with E-state index in [9.17, 15) is 22.4 Å². The molecule has 2 rings (SSSR count). The first-order chi connectivity index (χ1) is 8.93. The average molecular weight is 268 g/mol. The van der Waals surface area contributed by atoms with E-state index in [2.05, 4.69) is 0 Å². The normalized spacial score (nSPS) is 10.6. The summed E-state index contributed by atoms with van der Waals surface area (Å²) in [7, 11) is 0. The minimum Gasteiger partial charge on any atom is -0.288 e. The molecule has 0 spiro atoms. The third-order valence-corrected chi connectivity index (χ3v) is 2.72. The second-order valence-electron chi connectivity index (χ2n) is 3.99. The molecule has 98 valence electrons. The van der Waals surface area contributed by atoms with Crippen molar-refractivity contribution in [1.29, 1.82) is 0 Å². The molecule has 0 saturated heterocycles. The number of hydrogen-bond donors (Lipinski definition) is 0. The number of benzene rings is 2. The van der Waals surface area contributed by atoms with Crippen LogP contribution in [0.15, 0.2) is 30.3 Å². The predicted octanol–water partition coefficient (Wildman–Crippen LogP) is 3.78. The van der Waals surface area contributed by atoms with E-state index in [0.29, 0.717) is 6.07 Å². The molecule has 5 heteroatoms. The Balaban J connectivity index is 2.57. The highest BCUT2D eigenvalue weighted by Crippen LogP contribution is 2.21. The van der Waals surface area contributed by atoms with Gasteiger partial charge in [0.15, 0.2) is 23.2 Å². The molecule has 0 unspecified atom stereocenters. The lowest BCUT2D eigenvalue weighted by atomic mass is 10.00. The average Bonchev–Trinajstić information content (AvgIpc) is 2.39. The highest BCUT2D eigenvalue weighted by Gasteiger charge is 2.22. The van der Waals surface area contributed by atoms with Gasteiger partial charge in [-0.15, -0.1) is 0 Å². The van der Waals surface area contributed by atoms with Crippen LogP contribution in [0.5, 0.6) is 0 Å². The largest absolute Gasteiger partial charge is 0.288 e. The lowest BCUT2D eigenvalue weighted by Gasteiger charge is -2.06. The fourth-order valence-electron chi connectivity index (χ4n) is 1.67. The molecule has 0 radical (unpaired) electrons. The number of hydrogen-bond acceptors (Lipinski definition) is 1. The molecule has 0 N–H and O–H groups in total. The topological polar surface area (TPSA) is 17.1 Å². The van der Waals surface area contributed by atoms with E-state index in [0.717, 1.165) is 12.1 Å². The summed E-state index contributed by atoms with van der Waals surface area (Å²) in [6, 6.07) is 5.43. The van der Waals surface area contributed by atoms with Crippen molar-refractivity contribution in [2.24, 2.45) is 0 Å². The van der Waals surface area contributed by atoms with Crippen molar-refractivity contribution in [3.05, 3.63) is 70.3 Å². The van der Waals surface area contributed by atoms with Crippen LogP contribution in [0.2, 0.25) is 0 Å². The fourth-order valence-corrected chi connectivity index (χ4v) is 1.67. The van der Waals surface area contributed by atoms with Crippen LogP contribution in [0.1, 0.15) is 21.5 Å². The molecule has 0 saturated carbocycles. The number of carbonyl (C=O) groups is 1. The zero-order valence-electron chi connectivity index (χ0n) is 9.81. The van der Waals surface area contributed by atoms with Gasteiger partial charge in [-0.3, -0.25) is 4.79 Å². The van der Waals surface area contributed by atoms with E-state index in [1.54, 1.807) is 0 Å². The Morgan fingerprint density at radius 2 is 1.47 bits per heavy atom. The summed E-state index contributed by atoms with van der Waals surface area (Å²) in [5.74, 6) is -6.61. The van der Waals surface area contributed by atoms with Gasteiger partial charge in [-0.05, 0) is 30.7 Å². The van der Waals surface area contributed by atoms with Gasteiger partial charge in [-0.1, -0.05) is 12.1 Å². The van der Waals surface area contributed by atoms with Crippen LogP contribution >= 0.6 is 0 Å². The number of rotatable bonds is 2. The molecule has 0 aliphatic rings. The molecule has 0 atom stereocenters. The molecule has 0 aliphatic carbocycles. The quantitative estimate of drug-likeness (QED) is 0.460. The molecular weight excluding hydrogens is 260 g/mol. The van der Waals surface area contributed by atoms with E-state index in [1.807, 2.05) is 0 Å². The van der Waals surface area contributed by atoms with Gasteiger partial charge in [0.05, 0.1) is 11.1 Å². The minimum atomic E-state index is -1.75. The van der Waals surface area contributed by atoms with Gasteiger partial charge in [0.25, 0.3) is 0 Å². The summed E-state index contributed by atoms with van der Waals surface area (Å²) < 4.78 is 53.0. The van der Waals surface area contributed by atoms with Gasteiger partial charge in [0.1, 0.15) is 5.82 Å². The van der Waals surface area contributed by atoms with Gasteiger partial charge < -0.3 is 0 Å². The summed E-state index contributed by atoms with van der Waals surface area (Å²) in [6.07, 6.45) is 0. The number of aryl methyl sites for hydroxylation is 1. The van der Waals surface area contributed by atoms with Crippen LogP contribution in [0.3, 0.4) is 0 Å². The zero-order chi connectivity index (χ0) is 14.2. The van der Waals surface area contributed by atoms with Gasteiger partial charge in [0, 0.05) is 0 Å². The third kappa shape index (κ3) is 2.23. The second kappa shape index (κ2) is 4.84. The molecule has 0 amide bonds. The van der Waals surface area contributed by atoms with Crippen molar-refractivity contribution in [2.75, 3.05) is 0 Å². The minimum absolute atomic E-state index is 0.203. The van der Waals surface area contributed by atoms with Gasteiger partial charge in [-0.25, -0.2) is 17.6 Å². The highest BCUT2D eigenvalue weighted by atomic mass is 19.2. The SMILES string of the molecule is Cc1cccc(C(=O)c2ccc(F)c(F)c2F)c1F. The molecular formula is C14H8F4O. The maximum Gasteiger partial charge on any atom is 0.199 e. The maximum atomic E-state index is 13.7. The standard InChI is InChI=1S/C14H8F4O/c1-7-3-2-4-8(11(7)16)14(19)9-5-6-10(15)13(18)12(9)17/h2-6H,1H3. The van der Waals surface area contributed by atoms with Crippen LogP contribution in [-0.2, 0) is 0 Å². The van der Waals surface area contributed by atoms with Crippen LogP contribution < -0.4 is 0 Å². The van der Waals surface area contributed by atoms with Crippen molar-refractivity contribution in [3.8, 4) is 0 Å². The Morgan fingerprint density at radius 1 is 0.842 bits per heavy atom. The zero-order valence-corrected chi connectivity index (χ0v) is 9.81. The van der Waals surface area contributed by atoms with Crippen LogP contribution in [0.4, 0.5) is 17.6 Å². The summed E-state index contributed by atoms with van der Waals surface area (Å²) in [4.78, 5) is 11.9. The maximum absolute atomic E-state index is 13.7. The molecule has 2 aromatic rings. The Kier molecular flexibility index (Phi) is 3.38. The van der Waals surface area contributed by atoms with Gasteiger partial charge >= 0.3 is 0 Å². The summed E-state index contributed by atoms with van der Waals surface area (Å²) in [5.41, 5.74) is -0.887. The first-order valence-corrected chi connectivity index (χ1v) is 5.36. The van der Waals surface area contributed by atoms with Crippen molar-refractivity contribution >= 4 is 5.78 Å². The van der Waals surface area contributed by atoms with Crippen molar-refractivity contribution in [3.63, 3.8) is 0 Å². The number of halogens is 4. The van der Waals surface area contributed by atoms with Crippen LogP contribution in [-0.4, -0.2) is 5.78 Å². The summed E-state index contributed by atoms with van der Waals surface area (Å²) >= 11 is 0. The molecule has 1 nitrogen and oxygen atoms in total. The Morgan fingerprint density at radius 3 is 2.16 bits per heavy atom. The van der Waals surface area contributed by atoms with Crippen molar-refractivity contribution in [1.82, 2.24) is 0 Å². The lowest BCUT2D eigenvalue weighted by molar-refractivity contribution is 0.103. The molecule has 0 aromatic heterocycles. The number of carbonyl (C=O) groups excluding carboxylic acids is 1. The van der Waals surface area contributed by atoms with E-state index in [-0.39, 0.29) is 11.1 Å². The van der Waals surface area contributed by atoms with Crippen molar-refractivity contribution < 1.29 is 22.4 Å². The van der Waals surface area contributed by atoms with Crippen molar-refractivity contribution in [2.45, 2.75) is 6.92 Å². The first kappa shape index (κ1) is 13.3. The Labute approximate surface area is 106 Å². The third-order valence-electron chi connectivity index (χ3n) is 2.72. The summed E-state index contributed by atoms with van der Waals surface area (Å²) in [6.45, 7) is 1.44. The van der Waals surface area contributed by atoms with Crippen LogP contribution in [0.25, 0.3) is 0 Å².